The zero-order chi connectivity index (χ0) is 17.4. The highest BCUT2D eigenvalue weighted by Crippen LogP contribution is 2.38. The highest BCUT2D eigenvalue weighted by atomic mass is 19.1. The lowest BCUT2D eigenvalue weighted by Gasteiger charge is -2.22. The van der Waals surface area contributed by atoms with E-state index in [1.807, 2.05) is 0 Å². The maximum Gasteiger partial charge on any atom is 0.247 e. The van der Waals surface area contributed by atoms with E-state index in [1.54, 1.807) is 13.0 Å². The number of rotatable bonds is 3. The molecule has 3 amide bonds. The van der Waals surface area contributed by atoms with Crippen LogP contribution in [0.1, 0.15) is 38.2 Å². The van der Waals surface area contributed by atoms with Crippen LogP contribution in [0.5, 0.6) is 0 Å². The summed E-state index contributed by atoms with van der Waals surface area (Å²) in [4.78, 5) is 38.5. The lowest BCUT2D eigenvalue weighted by Crippen LogP contribution is -2.46. The number of nitrogens with one attached hydrogen (secondary N) is 1. The van der Waals surface area contributed by atoms with E-state index in [0.29, 0.717) is 12.8 Å². The largest absolute Gasteiger partial charge is 0.322 e. The normalized spacial score (nSPS) is 24.7. The number of imide groups is 1. The van der Waals surface area contributed by atoms with Crippen LogP contribution in [-0.2, 0) is 14.4 Å². The predicted octanol–water partition coefficient (Wildman–Crippen LogP) is 2.64. The molecule has 6 heteroatoms. The average molecular weight is 332 g/mol. The molecule has 0 aromatic heterocycles. The average Bonchev–Trinajstić information content (AvgIpc) is 2.81. The van der Waals surface area contributed by atoms with E-state index in [2.05, 4.69) is 5.32 Å². The SMILES string of the molecule is Cc1ccc(NC(=O)C(C)N2C(=O)C3CCCCC3C2=O)c(F)c1. The van der Waals surface area contributed by atoms with Crippen molar-refractivity contribution in [3.8, 4) is 0 Å². The van der Waals surface area contributed by atoms with Gasteiger partial charge in [0.25, 0.3) is 0 Å². The Morgan fingerprint density at radius 3 is 2.33 bits per heavy atom. The van der Waals surface area contributed by atoms with Crippen LogP contribution >= 0.6 is 0 Å². The fourth-order valence-corrected chi connectivity index (χ4v) is 3.65. The highest BCUT2D eigenvalue weighted by Gasteiger charge is 2.50. The van der Waals surface area contributed by atoms with Gasteiger partial charge >= 0.3 is 0 Å². The number of carbonyl (C=O) groups is 3. The second-order valence-electron chi connectivity index (χ2n) is 6.69. The van der Waals surface area contributed by atoms with Gasteiger partial charge in [0.05, 0.1) is 17.5 Å². The number of amides is 3. The van der Waals surface area contributed by atoms with Crippen LogP contribution < -0.4 is 5.32 Å². The third kappa shape index (κ3) is 2.81. The topological polar surface area (TPSA) is 66.5 Å². The van der Waals surface area contributed by atoms with Gasteiger partial charge in [0, 0.05) is 0 Å². The van der Waals surface area contributed by atoms with Crippen molar-refractivity contribution in [3.05, 3.63) is 29.6 Å². The second kappa shape index (κ2) is 6.34. The third-order valence-corrected chi connectivity index (χ3v) is 5.02. The predicted molar refractivity (Wildman–Crippen MR) is 86.5 cm³/mol. The zero-order valence-electron chi connectivity index (χ0n) is 13.8. The van der Waals surface area contributed by atoms with Gasteiger partial charge in [-0.15, -0.1) is 0 Å². The lowest BCUT2D eigenvalue weighted by atomic mass is 9.81. The summed E-state index contributed by atoms with van der Waals surface area (Å²) >= 11 is 0. The van der Waals surface area contributed by atoms with Crippen molar-refractivity contribution in [2.45, 2.75) is 45.6 Å². The minimum atomic E-state index is -0.948. The van der Waals surface area contributed by atoms with Crippen molar-refractivity contribution in [2.24, 2.45) is 11.8 Å². The van der Waals surface area contributed by atoms with Gasteiger partial charge in [0.15, 0.2) is 0 Å². The second-order valence-corrected chi connectivity index (χ2v) is 6.69. The monoisotopic (exact) mass is 332 g/mol. The number of likely N-dealkylation sites (tertiary alicyclic amines) is 1. The summed E-state index contributed by atoms with van der Waals surface area (Å²) in [5.41, 5.74) is 0.793. The molecule has 3 atom stereocenters. The van der Waals surface area contributed by atoms with Crippen LogP contribution in [0.4, 0.5) is 10.1 Å². The number of carbonyl (C=O) groups excluding carboxylic acids is 3. The van der Waals surface area contributed by atoms with Crippen molar-refractivity contribution >= 4 is 23.4 Å². The molecule has 2 aliphatic rings. The highest BCUT2D eigenvalue weighted by molar-refractivity contribution is 6.09. The molecule has 0 radical (unpaired) electrons. The smallest absolute Gasteiger partial charge is 0.247 e. The maximum atomic E-state index is 13.9. The van der Waals surface area contributed by atoms with Crippen molar-refractivity contribution in [2.75, 3.05) is 5.32 Å². The number of aryl methyl sites for hydroxylation is 1. The Morgan fingerprint density at radius 1 is 1.21 bits per heavy atom. The Labute approximate surface area is 140 Å². The fraction of sp³-hybridized carbons (Fsp3) is 0.500. The van der Waals surface area contributed by atoms with Gasteiger partial charge in [0.2, 0.25) is 17.7 Å². The molecule has 1 saturated carbocycles. The molecule has 0 bridgehead atoms. The summed E-state index contributed by atoms with van der Waals surface area (Å²) < 4.78 is 13.9. The van der Waals surface area contributed by atoms with Crippen LogP contribution in [0.2, 0.25) is 0 Å². The molecule has 1 aliphatic carbocycles. The van der Waals surface area contributed by atoms with Crippen molar-refractivity contribution < 1.29 is 18.8 Å². The Bertz CT molecular complexity index is 680. The van der Waals surface area contributed by atoms with Gasteiger partial charge in [0.1, 0.15) is 11.9 Å². The molecular weight excluding hydrogens is 311 g/mol. The molecule has 1 aliphatic heterocycles. The van der Waals surface area contributed by atoms with E-state index < -0.39 is 17.8 Å². The van der Waals surface area contributed by atoms with Crippen LogP contribution in [0.25, 0.3) is 0 Å². The molecule has 128 valence electrons. The fourth-order valence-electron chi connectivity index (χ4n) is 3.65. The van der Waals surface area contributed by atoms with Gasteiger partial charge in [-0.3, -0.25) is 19.3 Å². The summed E-state index contributed by atoms with van der Waals surface area (Å²) in [6.45, 7) is 3.26. The van der Waals surface area contributed by atoms with E-state index in [1.165, 1.54) is 19.1 Å². The van der Waals surface area contributed by atoms with E-state index in [4.69, 9.17) is 0 Å². The first kappa shape index (κ1) is 16.6. The van der Waals surface area contributed by atoms with E-state index in [0.717, 1.165) is 23.3 Å². The van der Waals surface area contributed by atoms with Crippen LogP contribution in [0.3, 0.4) is 0 Å². The van der Waals surface area contributed by atoms with Crippen LogP contribution in [0, 0.1) is 24.6 Å². The summed E-state index contributed by atoms with van der Waals surface area (Å²) in [6.07, 6.45) is 3.27. The first-order valence-corrected chi connectivity index (χ1v) is 8.34. The Hall–Kier alpha value is -2.24. The minimum absolute atomic E-state index is 0.0500. The van der Waals surface area contributed by atoms with Gasteiger partial charge in [-0.25, -0.2) is 4.39 Å². The number of halogens is 1. The van der Waals surface area contributed by atoms with Crippen molar-refractivity contribution in [1.29, 1.82) is 0 Å². The van der Waals surface area contributed by atoms with Crippen LogP contribution in [-0.4, -0.2) is 28.7 Å². The van der Waals surface area contributed by atoms with Gasteiger partial charge in [-0.05, 0) is 44.4 Å². The summed E-state index contributed by atoms with van der Waals surface area (Å²) in [5, 5.41) is 2.48. The quantitative estimate of drug-likeness (QED) is 0.865. The molecule has 1 aromatic carbocycles. The lowest BCUT2D eigenvalue weighted by molar-refractivity contribution is -0.146. The Kier molecular flexibility index (Phi) is 4.39. The van der Waals surface area contributed by atoms with Crippen molar-refractivity contribution in [3.63, 3.8) is 0 Å². The molecule has 1 saturated heterocycles. The molecule has 0 spiro atoms. The van der Waals surface area contributed by atoms with Gasteiger partial charge < -0.3 is 5.32 Å². The molecule has 3 unspecified atom stereocenters. The summed E-state index contributed by atoms with van der Waals surface area (Å²) in [6, 6.07) is 3.53. The minimum Gasteiger partial charge on any atom is -0.322 e. The summed E-state index contributed by atoms with van der Waals surface area (Å²) in [5.74, 6) is -2.22. The van der Waals surface area contributed by atoms with E-state index in [9.17, 15) is 18.8 Å². The standard InChI is InChI=1S/C18H21FN2O3/c1-10-7-8-15(14(19)9-10)20-16(22)11(2)21-17(23)12-5-3-4-6-13(12)18(21)24/h7-9,11-13H,3-6H2,1-2H3,(H,20,22). The molecular formula is C18H21FN2O3. The number of nitrogens with zero attached hydrogens (tertiary/aromatic N) is 1. The third-order valence-electron chi connectivity index (χ3n) is 5.02. The number of hydrogen-bond acceptors (Lipinski definition) is 3. The van der Waals surface area contributed by atoms with Crippen molar-refractivity contribution in [1.82, 2.24) is 4.90 Å². The Morgan fingerprint density at radius 2 is 1.79 bits per heavy atom. The molecule has 5 nitrogen and oxygen atoms in total. The zero-order valence-corrected chi connectivity index (χ0v) is 13.8. The van der Waals surface area contributed by atoms with Gasteiger partial charge in [-0.2, -0.15) is 0 Å². The molecule has 1 N–H and O–H groups in total. The van der Waals surface area contributed by atoms with E-state index in [-0.39, 0.29) is 29.3 Å². The maximum absolute atomic E-state index is 13.9. The van der Waals surface area contributed by atoms with E-state index >= 15 is 0 Å². The summed E-state index contributed by atoms with van der Waals surface area (Å²) in [7, 11) is 0. The number of fused-ring (bicyclic) bond motifs is 1. The first-order valence-electron chi connectivity index (χ1n) is 8.34. The molecule has 24 heavy (non-hydrogen) atoms. The number of hydrogen-bond donors (Lipinski definition) is 1. The Balaban J connectivity index is 1.75. The molecule has 1 heterocycles. The molecule has 1 aromatic rings. The van der Waals surface area contributed by atoms with Crippen LogP contribution in [0.15, 0.2) is 18.2 Å². The number of benzene rings is 1. The molecule has 3 rings (SSSR count). The number of anilines is 1. The van der Waals surface area contributed by atoms with Gasteiger partial charge in [-0.1, -0.05) is 18.9 Å². The molecule has 2 fully saturated rings. The first-order chi connectivity index (χ1) is 11.4.